The van der Waals surface area contributed by atoms with E-state index < -0.39 is 7.12 Å². The summed E-state index contributed by atoms with van der Waals surface area (Å²) >= 11 is 0. The molecule has 0 radical (unpaired) electrons. The van der Waals surface area contributed by atoms with Crippen LogP contribution in [0, 0.1) is 0 Å². The summed E-state index contributed by atoms with van der Waals surface area (Å²) < 4.78 is 16.5. The highest BCUT2D eigenvalue weighted by molar-refractivity contribution is 6.51. The van der Waals surface area contributed by atoms with Crippen LogP contribution in [0.4, 0.5) is 4.79 Å². The van der Waals surface area contributed by atoms with Crippen LogP contribution in [0.15, 0.2) is 12.1 Å². The molecule has 1 aliphatic rings. The van der Waals surface area contributed by atoms with Crippen molar-refractivity contribution >= 4 is 13.2 Å². The maximum absolute atomic E-state index is 11.2. The van der Waals surface area contributed by atoms with E-state index in [2.05, 4.69) is 0 Å². The van der Waals surface area contributed by atoms with Crippen LogP contribution >= 0.6 is 0 Å². The summed E-state index contributed by atoms with van der Waals surface area (Å²) in [6.07, 6.45) is 1.36. The molecule has 0 N–H and O–H groups in total. The molecule has 1 rings (SSSR count). The quantitative estimate of drug-likeness (QED) is 0.722. The van der Waals surface area contributed by atoms with Gasteiger partial charge in [-0.2, -0.15) is 0 Å². The fourth-order valence-corrected chi connectivity index (χ4v) is 1.38. The summed E-state index contributed by atoms with van der Waals surface area (Å²) in [7, 11) is 2.88. The summed E-state index contributed by atoms with van der Waals surface area (Å²) in [5, 5.41) is 0. The van der Waals surface area contributed by atoms with Gasteiger partial charge in [0.1, 0.15) is 6.61 Å². The van der Waals surface area contributed by atoms with Gasteiger partial charge in [0.05, 0.1) is 11.2 Å². The summed E-state index contributed by atoms with van der Waals surface area (Å²) in [6, 6.07) is 0. The number of carbonyl (C=O) groups is 1. The zero-order valence-corrected chi connectivity index (χ0v) is 12.0. The number of nitrogens with zero attached hydrogens (tertiary/aromatic N) is 1. The lowest BCUT2D eigenvalue weighted by atomic mass is 9.90. The van der Waals surface area contributed by atoms with E-state index in [1.165, 1.54) is 4.90 Å². The predicted octanol–water partition coefficient (Wildman–Crippen LogP) is 1.87. The predicted molar refractivity (Wildman–Crippen MR) is 70.3 cm³/mol. The average molecular weight is 255 g/mol. The summed E-state index contributed by atoms with van der Waals surface area (Å²) in [4.78, 5) is 12.5. The van der Waals surface area contributed by atoms with Crippen molar-refractivity contribution in [2.45, 2.75) is 38.9 Å². The fraction of sp³-hybridized carbons (Fsp3) is 0.750. The third-order valence-electron chi connectivity index (χ3n) is 3.23. The molecular formula is C12H22BNO4. The Morgan fingerprint density at radius 3 is 2.17 bits per heavy atom. The van der Waals surface area contributed by atoms with Gasteiger partial charge in [-0.1, -0.05) is 12.1 Å². The topological polar surface area (TPSA) is 48.0 Å². The lowest BCUT2D eigenvalue weighted by Crippen LogP contribution is -2.41. The van der Waals surface area contributed by atoms with Crippen LogP contribution in [0.3, 0.4) is 0 Å². The maximum atomic E-state index is 11.2. The molecule has 6 heteroatoms. The number of carbonyl (C=O) groups excluding carboxylic acids is 1. The molecule has 18 heavy (non-hydrogen) atoms. The fourth-order valence-electron chi connectivity index (χ4n) is 1.38. The molecule has 0 spiro atoms. The zero-order chi connectivity index (χ0) is 14.0. The third kappa shape index (κ3) is 3.49. The molecular weight excluding hydrogens is 233 g/mol. The first-order valence-electron chi connectivity index (χ1n) is 6.02. The van der Waals surface area contributed by atoms with Gasteiger partial charge in [-0.3, -0.25) is 0 Å². The van der Waals surface area contributed by atoms with Gasteiger partial charge in [0.15, 0.2) is 0 Å². The van der Waals surface area contributed by atoms with Gasteiger partial charge >= 0.3 is 13.2 Å². The Morgan fingerprint density at radius 1 is 1.22 bits per heavy atom. The lowest BCUT2D eigenvalue weighted by molar-refractivity contribution is 0.00578. The molecule has 0 atom stereocenters. The van der Waals surface area contributed by atoms with Gasteiger partial charge in [0.2, 0.25) is 0 Å². The Balaban J connectivity index is 2.40. The Hall–Kier alpha value is -1.01. The molecule has 1 fully saturated rings. The highest BCUT2D eigenvalue weighted by Gasteiger charge is 2.49. The molecule has 0 aromatic carbocycles. The molecule has 0 saturated carbocycles. The summed E-state index contributed by atoms with van der Waals surface area (Å²) in [5.74, 6) is 1.76. The number of rotatable bonds is 3. The average Bonchev–Trinajstić information content (AvgIpc) is 2.42. The van der Waals surface area contributed by atoms with Crippen molar-refractivity contribution < 1.29 is 18.8 Å². The molecule has 102 valence electrons. The number of hydrogen-bond acceptors (Lipinski definition) is 4. The van der Waals surface area contributed by atoms with Crippen molar-refractivity contribution in [2.75, 3.05) is 20.7 Å². The number of ether oxygens (including phenoxy) is 1. The van der Waals surface area contributed by atoms with E-state index in [4.69, 9.17) is 14.0 Å². The second-order valence-corrected chi connectivity index (χ2v) is 5.52. The number of hydrogen-bond donors (Lipinski definition) is 0. The van der Waals surface area contributed by atoms with Crippen molar-refractivity contribution in [2.24, 2.45) is 0 Å². The van der Waals surface area contributed by atoms with Crippen LogP contribution < -0.4 is 0 Å². The van der Waals surface area contributed by atoms with E-state index in [0.29, 0.717) is 0 Å². The van der Waals surface area contributed by atoms with Crippen LogP contribution in [-0.4, -0.2) is 50.0 Å². The summed E-state index contributed by atoms with van der Waals surface area (Å²) in [6.45, 7) is 8.18. The van der Waals surface area contributed by atoms with Crippen LogP contribution in [0.1, 0.15) is 27.7 Å². The minimum absolute atomic E-state index is 0.209. The van der Waals surface area contributed by atoms with Gasteiger partial charge in [0.25, 0.3) is 0 Å². The van der Waals surface area contributed by atoms with Crippen LogP contribution in [-0.2, 0) is 14.0 Å². The van der Waals surface area contributed by atoms with E-state index in [1.54, 1.807) is 26.1 Å². The van der Waals surface area contributed by atoms with E-state index in [1.807, 2.05) is 27.7 Å². The zero-order valence-electron chi connectivity index (χ0n) is 12.0. The molecule has 0 unspecified atom stereocenters. The largest absolute Gasteiger partial charge is 0.486 e. The Labute approximate surface area is 109 Å². The third-order valence-corrected chi connectivity index (χ3v) is 3.23. The lowest BCUT2D eigenvalue weighted by Gasteiger charge is -2.32. The van der Waals surface area contributed by atoms with Crippen molar-refractivity contribution in [3.8, 4) is 0 Å². The van der Waals surface area contributed by atoms with Crippen molar-refractivity contribution in [1.82, 2.24) is 4.90 Å². The molecule has 1 heterocycles. The van der Waals surface area contributed by atoms with Gasteiger partial charge in [0, 0.05) is 14.1 Å². The monoisotopic (exact) mass is 255 g/mol. The van der Waals surface area contributed by atoms with Crippen molar-refractivity contribution in [1.29, 1.82) is 0 Å². The first-order chi connectivity index (χ1) is 8.16. The Bertz CT molecular complexity index is 323. The van der Waals surface area contributed by atoms with E-state index in [0.717, 1.165) is 0 Å². The maximum Gasteiger partial charge on any atom is 0.486 e. The Morgan fingerprint density at radius 2 is 1.72 bits per heavy atom. The molecule has 0 aromatic rings. The van der Waals surface area contributed by atoms with Crippen LogP contribution in [0.5, 0.6) is 0 Å². The molecule has 5 nitrogen and oxygen atoms in total. The van der Waals surface area contributed by atoms with Gasteiger partial charge < -0.3 is 18.9 Å². The number of amides is 1. The molecule has 0 bridgehead atoms. The highest BCUT2D eigenvalue weighted by atomic mass is 16.7. The van der Waals surface area contributed by atoms with Gasteiger partial charge in [-0.05, 0) is 27.7 Å². The van der Waals surface area contributed by atoms with Crippen molar-refractivity contribution in [3.05, 3.63) is 12.1 Å². The van der Waals surface area contributed by atoms with Crippen LogP contribution in [0.25, 0.3) is 0 Å². The van der Waals surface area contributed by atoms with Crippen LogP contribution in [0.2, 0.25) is 0 Å². The summed E-state index contributed by atoms with van der Waals surface area (Å²) in [5.41, 5.74) is -0.690. The second-order valence-electron chi connectivity index (χ2n) is 5.52. The highest BCUT2D eigenvalue weighted by Crippen LogP contribution is 2.36. The minimum Gasteiger partial charge on any atom is -0.445 e. The molecule has 0 aromatic heterocycles. The standard InChI is InChI=1S/C12H22BNO4/c1-11(2)12(3,4)18-13(17-11)8-7-9-16-10(15)14(5)6/h7-8H,9H2,1-6H3/b8-7+. The molecule has 1 saturated heterocycles. The van der Waals surface area contributed by atoms with E-state index in [9.17, 15) is 4.79 Å². The molecule has 0 aliphatic carbocycles. The SMILES string of the molecule is CN(C)C(=O)OC/C=C/B1OC(C)(C)C(C)(C)O1. The van der Waals surface area contributed by atoms with Crippen molar-refractivity contribution in [3.63, 3.8) is 0 Å². The van der Waals surface area contributed by atoms with Gasteiger partial charge in [-0.15, -0.1) is 0 Å². The molecule has 1 amide bonds. The normalized spacial score (nSPS) is 21.3. The smallest absolute Gasteiger partial charge is 0.445 e. The Kier molecular flexibility index (Phi) is 4.45. The first kappa shape index (κ1) is 15.1. The molecule has 1 aliphatic heterocycles. The minimum atomic E-state index is -0.395. The van der Waals surface area contributed by atoms with Gasteiger partial charge in [-0.25, -0.2) is 4.79 Å². The first-order valence-corrected chi connectivity index (χ1v) is 6.02. The van der Waals surface area contributed by atoms with E-state index in [-0.39, 0.29) is 23.9 Å². The second kappa shape index (κ2) is 5.32. The van der Waals surface area contributed by atoms with E-state index >= 15 is 0 Å².